The SMILES string of the molecule is CCOC(=O)c1ccc2c(c1)nc(-c1ccc(N3CCOCC3)cc1)n2-c1ccccc1. The lowest BCUT2D eigenvalue weighted by Crippen LogP contribution is -2.36. The molecule has 1 aliphatic heterocycles. The fourth-order valence-corrected chi connectivity index (χ4v) is 4.10. The minimum atomic E-state index is -0.333. The molecule has 0 amide bonds. The number of carbonyl (C=O) groups excluding carboxylic acids is 1. The highest BCUT2D eigenvalue weighted by Gasteiger charge is 2.17. The molecule has 0 bridgehead atoms. The van der Waals surface area contributed by atoms with Gasteiger partial charge >= 0.3 is 5.97 Å². The lowest BCUT2D eigenvalue weighted by molar-refractivity contribution is 0.0526. The van der Waals surface area contributed by atoms with Crippen molar-refractivity contribution in [1.82, 2.24) is 9.55 Å². The van der Waals surface area contributed by atoms with Gasteiger partial charge in [-0.05, 0) is 61.5 Å². The third kappa shape index (κ3) is 3.85. The zero-order chi connectivity index (χ0) is 21.9. The molecule has 1 aromatic heterocycles. The fourth-order valence-electron chi connectivity index (χ4n) is 4.10. The Hall–Kier alpha value is -3.64. The molecule has 0 aliphatic carbocycles. The number of morpholine rings is 1. The van der Waals surface area contributed by atoms with E-state index in [1.807, 2.05) is 24.3 Å². The molecule has 0 atom stereocenters. The van der Waals surface area contributed by atoms with Crippen molar-refractivity contribution in [3.63, 3.8) is 0 Å². The summed E-state index contributed by atoms with van der Waals surface area (Å²) in [6.45, 7) is 5.47. The van der Waals surface area contributed by atoms with Crippen LogP contribution in [0.3, 0.4) is 0 Å². The van der Waals surface area contributed by atoms with E-state index in [2.05, 4.69) is 45.9 Å². The van der Waals surface area contributed by atoms with E-state index in [9.17, 15) is 4.79 Å². The number of rotatable bonds is 5. The standard InChI is InChI=1S/C26H25N3O3/c1-2-32-26(30)20-10-13-24-23(18-20)27-25(29(24)22-6-4-3-5-7-22)19-8-11-21(12-9-19)28-14-16-31-17-15-28/h3-13,18H,2,14-17H2,1H3. The highest BCUT2D eigenvalue weighted by molar-refractivity contribution is 5.95. The molecular weight excluding hydrogens is 402 g/mol. The van der Waals surface area contributed by atoms with Gasteiger partial charge in [0.25, 0.3) is 0 Å². The molecule has 6 nitrogen and oxygen atoms in total. The first-order chi connectivity index (χ1) is 15.7. The Kier molecular flexibility index (Phi) is 5.60. The maximum Gasteiger partial charge on any atom is 0.338 e. The number of ether oxygens (including phenoxy) is 2. The summed E-state index contributed by atoms with van der Waals surface area (Å²) in [6, 6.07) is 24.2. The van der Waals surface area contributed by atoms with E-state index in [1.54, 1.807) is 19.1 Å². The van der Waals surface area contributed by atoms with Crippen LogP contribution in [-0.4, -0.2) is 48.4 Å². The average molecular weight is 428 g/mol. The van der Waals surface area contributed by atoms with Gasteiger partial charge in [0.05, 0.1) is 36.4 Å². The van der Waals surface area contributed by atoms with Crippen molar-refractivity contribution in [3.05, 3.63) is 78.4 Å². The fraction of sp³-hybridized carbons (Fsp3) is 0.231. The molecule has 3 aromatic carbocycles. The van der Waals surface area contributed by atoms with Crippen LogP contribution in [0.25, 0.3) is 28.1 Å². The van der Waals surface area contributed by atoms with Gasteiger partial charge in [0.2, 0.25) is 0 Å². The predicted octanol–water partition coefficient (Wildman–Crippen LogP) is 4.71. The first-order valence-electron chi connectivity index (χ1n) is 10.9. The lowest BCUT2D eigenvalue weighted by Gasteiger charge is -2.28. The summed E-state index contributed by atoms with van der Waals surface area (Å²) in [6.07, 6.45) is 0. The van der Waals surface area contributed by atoms with Crippen molar-refractivity contribution in [2.45, 2.75) is 6.92 Å². The number of benzene rings is 3. The van der Waals surface area contributed by atoms with Gasteiger partial charge < -0.3 is 14.4 Å². The van der Waals surface area contributed by atoms with Crippen LogP contribution in [0.4, 0.5) is 5.69 Å². The highest BCUT2D eigenvalue weighted by atomic mass is 16.5. The molecule has 1 fully saturated rings. The molecule has 5 rings (SSSR count). The molecule has 0 unspecified atom stereocenters. The average Bonchev–Trinajstić information content (AvgIpc) is 3.24. The number of imidazole rings is 1. The van der Waals surface area contributed by atoms with Gasteiger partial charge in [0.15, 0.2) is 0 Å². The zero-order valence-electron chi connectivity index (χ0n) is 18.0. The summed E-state index contributed by atoms with van der Waals surface area (Å²) >= 11 is 0. The van der Waals surface area contributed by atoms with Crippen LogP contribution in [0.15, 0.2) is 72.8 Å². The second kappa shape index (κ2) is 8.85. The van der Waals surface area contributed by atoms with Crippen LogP contribution >= 0.6 is 0 Å². The Morgan fingerprint density at radius 2 is 1.72 bits per heavy atom. The number of aromatic nitrogens is 2. The minimum absolute atomic E-state index is 0.333. The number of para-hydroxylation sites is 1. The zero-order valence-corrected chi connectivity index (χ0v) is 18.0. The first-order valence-corrected chi connectivity index (χ1v) is 10.9. The Balaban J connectivity index is 1.60. The van der Waals surface area contributed by atoms with Gasteiger partial charge in [-0.1, -0.05) is 18.2 Å². The van der Waals surface area contributed by atoms with Gasteiger partial charge in [-0.25, -0.2) is 9.78 Å². The minimum Gasteiger partial charge on any atom is -0.462 e. The van der Waals surface area contributed by atoms with Crippen molar-refractivity contribution in [1.29, 1.82) is 0 Å². The quantitative estimate of drug-likeness (QED) is 0.432. The molecule has 1 aliphatic rings. The third-order valence-electron chi connectivity index (χ3n) is 5.68. The van der Waals surface area contributed by atoms with Crippen molar-refractivity contribution < 1.29 is 14.3 Å². The van der Waals surface area contributed by atoms with E-state index in [-0.39, 0.29) is 5.97 Å². The van der Waals surface area contributed by atoms with E-state index < -0.39 is 0 Å². The second-order valence-corrected chi connectivity index (χ2v) is 7.68. The van der Waals surface area contributed by atoms with Crippen LogP contribution in [0.1, 0.15) is 17.3 Å². The van der Waals surface area contributed by atoms with Crippen molar-refractivity contribution in [3.8, 4) is 17.1 Å². The Bertz CT molecular complexity index is 1230. The summed E-state index contributed by atoms with van der Waals surface area (Å²) < 4.78 is 12.8. The van der Waals surface area contributed by atoms with E-state index >= 15 is 0 Å². The van der Waals surface area contributed by atoms with Crippen LogP contribution in [0, 0.1) is 0 Å². The molecule has 6 heteroatoms. The molecule has 4 aromatic rings. The van der Waals surface area contributed by atoms with E-state index in [1.165, 1.54) is 5.69 Å². The number of carbonyl (C=O) groups is 1. The molecule has 0 N–H and O–H groups in total. The van der Waals surface area contributed by atoms with Gasteiger partial charge in [0, 0.05) is 30.0 Å². The number of fused-ring (bicyclic) bond motifs is 1. The number of anilines is 1. The molecule has 0 saturated carbocycles. The summed E-state index contributed by atoms with van der Waals surface area (Å²) in [7, 11) is 0. The van der Waals surface area contributed by atoms with Gasteiger partial charge in [-0.15, -0.1) is 0 Å². The number of hydrogen-bond donors (Lipinski definition) is 0. The van der Waals surface area contributed by atoms with E-state index in [0.29, 0.717) is 12.2 Å². The summed E-state index contributed by atoms with van der Waals surface area (Å²) in [5.74, 6) is 0.501. The predicted molar refractivity (Wildman–Crippen MR) is 125 cm³/mol. The second-order valence-electron chi connectivity index (χ2n) is 7.68. The molecule has 0 radical (unpaired) electrons. The summed E-state index contributed by atoms with van der Waals surface area (Å²) in [4.78, 5) is 19.5. The topological polar surface area (TPSA) is 56.6 Å². The van der Waals surface area contributed by atoms with Gasteiger partial charge in [-0.3, -0.25) is 4.57 Å². The van der Waals surface area contributed by atoms with E-state index in [0.717, 1.165) is 54.4 Å². The summed E-state index contributed by atoms with van der Waals surface area (Å²) in [5, 5.41) is 0. The van der Waals surface area contributed by atoms with Gasteiger partial charge in [-0.2, -0.15) is 0 Å². The number of hydrogen-bond acceptors (Lipinski definition) is 5. The Morgan fingerprint density at radius 3 is 2.44 bits per heavy atom. The first kappa shape index (κ1) is 20.3. The van der Waals surface area contributed by atoms with Crippen LogP contribution in [0.5, 0.6) is 0 Å². The molecule has 2 heterocycles. The highest BCUT2D eigenvalue weighted by Crippen LogP contribution is 2.30. The van der Waals surface area contributed by atoms with E-state index in [4.69, 9.17) is 14.5 Å². The van der Waals surface area contributed by atoms with Crippen LogP contribution < -0.4 is 4.90 Å². The number of esters is 1. The number of nitrogens with zero attached hydrogens (tertiary/aromatic N) is 3. The third-order valence-corrected chi connectivity index (χ3v) is 5.68. The van der Waals surface area contributed by atoms with Crippen molar-refractivity contribution in [2.24, 2.45) is 0 Å². The monoisotopic (exact) mass is 427 g/mol. The Morgan fingerprint density at radius 1 is 0.969 bits per heavy atom. The lowest BCUT2D eigenvalue weighted by atomic mass is 10.1. The molecule has 1 saturated heterocycles. The molecule has 0 spiro atoms. The van der Waals surface area contributed by atoms with Crippen molar-refractivity contribution >= 4 is 22.7 Å². The molecular formula is C26H25N3O3. The molecule has 32 heavy (non-hydrogen) atoms. The maximum absolute atomic E-state index is 12.2. The van der Waals surface area contributed by atoms with Gasteiger partial charge in [0.1, 0.15) is 5.82 Å². The van der Waals surface area contributed by atoms with Crippen LogP contribution in [-0.2, 0) is 9.47 Å². The molecule has 162 valence electrons. The Labute approximate surface area is 187 Å². The smallest absolute Gasteiger partial charge is 0.338 e. The summed E-state index contributed by atoms with van der Waals surface area (Å²) in [5.41, 5.74) is 5.42. The van der Waals surface area contributed by atoms with Crippen molar-refractivity contribution in [2.75, 3.05) is 37.8 Å². The normalized spacial score (nSPS) is 14.0. The maximum atomic E-state index is 12.2. The van der Waals surface area contributed by atoms with Crippen LogP contribution in [0.2, 0.25) is 0 Å². The largest absolute Gasteiger partial charge is 0.462 e.